The molecule has 1 aliphatic rings. The Hall–Kier alpha value is -3.64. The lowest BCUT2D eigenvalue weighted by Gasteiger charge is -2.18. The lowest BCUT2D eigenvalue weighted by atomic mass is 9.88. The number of halogens is 2. The lowest BCUT2D eigenvalue weighted by molar-refractivity contribution is 0.0691. The van der Waals surface area contributed by atoms with Crippen LogP contribution in [0.25, 0.3) is 22.3 Å². The van der Waals surface area contributed by atoms with Gasteiger partial charge in [0.25, 0.3) is 0 Å². The van der Waals surface area contributed by atoms with Crippen LogP contribution in [0.1, 0.15) is 47.7 Å². The third kappa shape index (κ3) is 4.30. The van der Waals surface area contributed by atoms with Crippen molar-refractivity contribution in [3.8, 4) is 5.69 Å². The Morgan fingerprint density at radius 2 is 1.89 bits per heavy atom. The fourth-order valence-electron chi connectivity index (χ4n) is 4.72. The Kier molecular flexibility index (Phi) is 6.07. The van der Waals surface area contributed by atoms with Gasteiger partial charge in [0.1, 0.15) is 5.82 Å². The summed E-state index contributed by atoms with van der Waals surface area (Å²) in [7, 11) is 0. The van der Waals surface area contributed by atoms with Gasteiger partial charge < -0.3 is 5.11 Å². The van der Waals surface area contributed by atoms with Crippen molar-refractivity contribution in [3.05, 3.63) is 105 Å². The molecule has 35 heavy (non-hydrogen) atoms. The second-order valence-corrected chi connectivity index (χ2v) is 9.51. The zero-order valence-corrected chi connectivity index (χ0v) is 19.9. The molecule has 7 heteroatoms. The molecule has 3 aromatic carbocycles. The van der Waals surface area contributed by atoms with Gasteiger partial charge in [-0.2, -0.15) is 0 Å². The zero-order chi connectivity index (χ0) is 24.7. The fraction of sp³-hybridized carbons (Fsp3) is 0.214. The summed E-state index contributed by atoms with van der Waals surface area (Å²) < 4.78 is 17.8. The van der Waals surface area contributed by atoms with Gasteiger partial charge in [-0.05, 0) is 72.7 Å². The van der Waals surface area contributed by atoms with Crippen LogP contribution >= 0.6 is 11.6 Å². The van der Waals surface area contributed by atoms with Crippen molar-refractivity contribution in [1.29, 1.82) is 0 Å². The fourth-order valence-corrected chi connectivity index (χ4v) is 4.89. The number of aromatic nitrogens is 2. The van der Waals surface area contributed by atoms with Crippen LogP contribution < -0.4 is 5.69 Å². The van der Waals surface area contributed by atoms with E-state index in [1.54, 1.807) is 22.8 Å². The Balaban J connectivity index is 1.60. The number of fused-ring (bicyclic) bond motifs is 1. The quantitative estimate of drug-likeness (QED) is 0.345. The van der Waals surface area contributed by atoms with Gasteiger partial charge in [0.15, 0.2) is 0 Å². The summed E-state index contributed by atoms with van der Waals surface area (Å²) in [6.45, 7) is 2.15. The van der Waals surface area contributed by atoms with Crippen molar-refractivity contribution in [2.24, 2.45) is 5.92 Å². The van der Waals surface area contributed by atoms with Gasteiger partial charge >= 0.3 is 11.7 Å². The molecule has 4 aromatic rings. The number of carboxylic acid groups (broad SMARTS) is 1. The number of hydrogen-bond donors (Lipinski definition) is 1. The van der Waals surface area contributed by atoms with Gasteiger partial charge in [0.2, 0.25) is 0 Å². The maximum absolute atomic E-state index is 14.9. The first-order chi connectivity index (χ1) is 16.8. The van der Waals surface area contributed by atoms with Crippen LogP contribution in [0.4, 0.5) is 4.39 Å². The molecule has 1 N–H and O–H groups in total. The van der Waals surface area contributed by atoms with Crippen LogP contribution in [-0.4, -0.2) is 20.2 Å². The zero-order valence-electron chi connectivity index (χ0n) is 19.2. The SMILES string of the molecule is CC1CC=C(c2ccc(-n3c(=O)n(Cc4cccc(C(=O)O)c4F)c4ccc(Cl)cc43)cc2)CC1. The van der Waals surface area contributed by atoms with E-state index in [0.717, 1.165) is 18.4 Å². The first-order valence-corrected chi connectivity index (χ1v) is 11.9. The predicted octanol–water partition coefficient (Wildman–Crippen LogP) is 6.53. The molecule has 1 atom stereocenters. The molecular formula is C28H24ClFN2O3. The van der Waals surface area contributed by atoms with E-state index in [1.165, 1.54) is 34.8 Å². The third-order valence-electron chi connectivity index (χ3n) is 6.70. The Bertz CT molecular complexity index is 1530. The smallest absolute Gasteiger partial charge is 0.338 e. The van der Waals surface area contributed by atoms with Gasteiger partial charge in [0, 0.05) is 10.6 Å². The summed E-state index contributed by atoms with van der Waals surface area (Å²) in [5.74, 6) is -1.50. The first-order valence-electron chi connectivity index (χ1n) is 11.5. The largest absolute Gasteiger partial charge is 0.478 e. The molecule has 1 heterocycles. The molecule has 1 unspecified atom stereocenters. The van der Waals surface area contributed by atoms with E-state index in [-0.39, 0.29) is 17.8 Å². The van der Waals surface area contributed by atoms with Crippen molar-refractivity contribution in [1.82, 2.24) is 9.13 Å². The number of hydrogen-bond acceptors (Lipinski definition) is 2. The molecule has 178 valence electrons. The van der Waals surface area contributed by atoms with Crippen LogP contribution in [0.15, 0.2) is 71.5 Å². The second kappa shape index (κ2) is 9.19. The van der Waals surface area contributed by atoms with Crippen LogP contribution in [0, 0.1) is 11.7 Å². The minimum Gasteiger partial charge on any atom is -0.478 e. The summed E-state index contributed by atoms with van der Waals surface area (Å²) in [5.41, 5.74) is 3.64. The van der Waals surface area contributed by atoms with Crippen LogP contribution in [-0.2, 0) is 6.54 Å². The molecule has 0 aliphatic heterocycles. The highest BCUT2D eigenvalue weighted by atomic mass is 35.5. The highest BCUT2D eigenvalue weighted by molar-refractivity contribution is 6.31. The molecule has 5 rings (SSSR count). The van der Waals surface area contributed by atoms with Crippen molar-refractivity contribution in [2.75, 3.05) is 0 Å². The maximum atomic E-state index is 14.9. The van der Waals surface area contributed by atoms with Crippen molar-refractivity contribution >= 4 is 34.2 Å². The van der Waals surface area contributed by atoms with Crippen LogP contribution in [0.2, 0.25) is 5.02 Å². The predicted molar refractivity (Wildman–Crippen MR) is 136 cm³/mol. The van der Waals surface area contributed by atoms with E-state index >= 15 is 0 Å². The second-order valence-electron chi connectivity index (χ2n) is 9.08. The summed E-state index contributed by atoms with van der Waals surface area (Å²) in [4.78, 5) is 24.9. The maximum Gasteiger partial charge on any atom is 0.338 e. The van der Waals surface area contributed by atoms with E-state index < -0.39 is 17.3 Å². The topological polar surface area (TPSA) is 64.2 Å². The number of carboxylic acids is 1. The molecular weight excluding hydrogens is 467 g/mol. The molecule has 1 aromatic heterocycles. The Morgan fingerprint density at radius 3 is 2.57 bits per heavy atom. The summed E-state index contributed by atoms with van der Waals surface area (Å²) in [5, 5.41) is 9.74. The van der Waals surface area contributed by atoms with Gasteiger partial charge in [-0.3, -0.25) is 9.13 Å². The molecule has 0 saturated carbocycles. The van der Waals surface area contributed by atoms with Crippen molar-refractivity contribution in [3.63, 3.8) is 0 Å². The lowest BCUT2D eigenvalue weighted by Crippen LogP contribution is -2.24. The van der Waals surface area contributed by atoms with Crippen LogP contribution in [0.3, 0.4) is 0 Å². The minimum absolute atomic E-state index is 0.111. The number of nitrogens with zero attached hydrogens (tertiary/aromatic N) is 2. The standard InChI is InChI=1S/C28H24ClFN2O3/c1-17-5-7-18(8-6-17)19-9-12-22(13-10-19)32-25-15-21(29)11-14-24(25)31(28(32)35)16-20-3-2-4-23(26(20)30)27(33)34/h2-4,7,9-15,17H,5-6,8,16H2,1H3,(H,33,34). The van der Waals surface area contributed by atoms with Gasteiger partial charge in [-0.25, -0.2) is 14.0 Å². The highest BCUT2D eigenvalue weighted by Crippen LogP contribution is 2.31. The average Bonchev–Trinajstić information content (AvgIpc) is 3.11. The number of benzene rings is 3. The molecule has 0 bridgehead atoms. The number of aromatic carboxylic acids is 1. The number of rotatable bonds is 5. The van der Waals surface area contributed by atoms with Crippen molar-refractivity contribution < 1.29 is 14.3 Å². The minimum atomic E-state index is -1.35. The molecule has 0 amide bonds. The summed E-state index contributed by atoms with van der Waals surface area (Å²) in [6.07, 6.45) is 5.57. The Labute approximate surface area is 206 Å². The first kappa shape index (κ1) is 23.1. The third-order valence-corrected chi connectivity index (χ3v) is 6.93. The normalized spacial score (nSPS) is 15.9. The molecule has 5 nitrogen and oxygen atoms in total. The van der Waals surface area contributed by atoms with Crippen molar-refractivity contribution in [2.45, 2.75) is 32.7 Å². The van der Waals surface area contributed by atoms with E-state index in [2.05, 4.69) is 13.0 Å². The Morgan fingerprint density at radius 1 is 1.11 bits per heavy atom. The van der Waals surface area contributed by atoms with Gasteiger partial charge in [-0.15, -0.1) is 0 Å². The number of carbonyl (C=O) groups is 1. The molecule has 0 fully saturated rings. The van der Waals surface area contributed by atoms with E-state index in [0.29, 0.717) is 27.7 Å². The number of imidazole rings is 1. The molecule has 0 saturated heterocycles. The van der Waals surface area contributed by atoms with Gasteiger partial charge in [0.05, 0.1) is 28.8 Å². The molecule has 1 aliphatic carbocycles. The van der Waals surface area contributed by atoms with E-state index in [9.17, 15) is 19.1 Å². The average molecular weight is 491 g/mol. The number of allylic oxidation sites excluding steroid dienone is 2. The van der Waals surface area contributed by atoms with Gasteiger partial charge in [-0.1, -0.05) is 48.9 Å². The monoisotopic (exact) mass is 490 g/mol. The highest BCUT2D eigenvalue weighted by Gasteiger charge is 2.19. The van der Waals surface area contributed by atoms with Crippen LogP contribution in [0.5, 0.6) is 0 Å². The van der Waals surface area contributed by atoms with E-state index in [4.69, 9.17) is 11.6 Å². The molecule has 0 radical (unpaired) electrons. The molecule has 0 spiro atoms. The summed E-state index contributed by atoms with van der Waals surface area (Å²) in [6, 6.07) is 17.1. The van der Waals surface area contributed by atoms with E-state index in [1.807, 2.05) is 24.3 Å². The summed E-state index contributed by atoms with van der Waals surface area (Å²) >= 11 is 6.26.